The Morgan fingerprint density at radius 1 is 1.47 bits per heavy atom. The first-order chi connectivity index (χ1) is 9.01. The normalized spacial score (nSPS) is 40.1. The fourth-order valence-electron chi connectivity index (χ4n) is 4.49. The van der Waals surface area contributed by atoms with Crippen LogP contribution < -0.4 is 5.32 Å². The molecule has 3 nitrogen and oxygen atoms in total. The van der Waals surface area contributed by atoms with Gasteiger partial charge in [0.15, 0.2) is 0 Å². The van der Waals surface area contributed by atoms with Crippen LogP contribution in [-0.4, -0.2) is 36.0 Å². The van der Waals surface area contributed by atoms with Crippen LogP contribution in [0.15, 0.2) is 0 Å². The molecule has 0 aromatic heterocycles. The van der Waals surface area contributed by atoms with Gasteiger partial charge in [0, 0.05) is 30.5 Å². The second kappa shape index (κ2) is 4.71. The Kier molecular flexibility index (Phi) is 3.43. The molecular formula is C16H29NO2. The molecule has 2 saturated carbocycles. The standard InChI is InChI=1S/C16H29NO2/c1-4-11(2)15(3,18)10-17-13-12-6-9-19-14(12)16(13)7-5-8-16/h11-14,17-18H,4-10H2,1-3H3. The summed E-state index contributed by atoms with van der Waals surface area (Å²) in [6.07, 6.45) is 6.74. The Labute approximate surface area is 117 Å². The van der Waals surface area contributed by atoms with Crippen molar-refractivity contribution in [3.63, 3.8) is 0 Å². The summed E-state index contributed by atoms with van der Waals surface area (Å²) in [5.41, 5.74) is -0.170. The van der Waals surface area contributed by atoms with Gasteiger partial charge in [0.25, 0.3) is 0 Å². The third-order valence-electron chi connectivity index (χ3n) is 6.39. The Hall–Kier alpha value is -0.120. The van der Waals surface area contributed by atoms with Crippen molar-refractivity contribution >= 4 is 0 Å². The number of nitrogens with one attached hydrogen (secondary N) is 1. The van der Waals surface area contributed by atoms with E-state index in [-0.39, 0.29) is 0 Å². The summed E-state index contributed by atoms with van der Waals surface area (Å²) < 4.78 is 5.94. The molecule has 1 heterocycles. The van der Waals surface area contributed by atoms with Crippen molar-refractivity contribution in [1.29, 1.82) is 0 Å². The molecule has 3 heteroatoms. The van der Waals surface area contributed by atoms with E-state index in [1.165, 1.54) is 25.7 Å². The fourth-order valence-corrected chi connectivity index (χ4v) is 4.49. The highest BCUT2D eigenvalue weighted by molar-refractivity contribution is 5.18. The summed E-state index contributed by atoms with van der Waals surface area (Å²) in [5.74, 6) is 1.04. The average molecular weight is 267 g/mol. The molecule has 110 valence electrons. The predicted molar refractivity (Wildman–Crippen MR) is 76.0 cm³/mol. The second-order valence-electron chi connectivity index (χ2n) is 7.36. The van der Waals surface area contributed by atoms with Crippen molar-refractivity contribution in [1.82, 2.24) is 5.32 Å². The third-order valence-corrected chi connectivity index (χ3v) is 6.39. The van der Waals surface area contributed by atoms with E-state index in [1.54, 1.807) is 0 Å². The van der Waals surface area contributed by atoms with Crippen LogP contribution in [-0.2, 0) is 4.74 Å². The number of hydrogen-bond donors (Lipinski definition) is 2. The maximum Gasteiger partial charge on any atom is 0.0768 e. The Bertz CT molecular complexity index is 338. The van der Waals surface area contributed by atoms with E-state index < -0.39 is 5.60 Å². The van der Waals surface area contributed by atoms with Gasteiger partial charge in [0.1, 0.15) is 0 Å². The molecule has 0 bridgehead atoms. The van der Waals surface area contributed by atoms with E-state index in [1.807, 2.05) is 6.92 Å². The largest absolute Gasteiger partial charge is 0.389 e. The molecule has 1 aliphatic heterocycles. The number of fused-ring (bicyclic) bond motifs is 2. The monoisotopic (exact) mass is 267 g/mol. The molecule has 5 atom stereocenters. The maximum atomic E-state index is 10.6. The Morgan fingerprint density at radius 3 is 2.79 bits per heavy atom. The first-order valence-corrected chi connectivity index (χ1v) is 8.08. The van der Waals surface area contributed by atoms with Gasteiger partial charge < -0.3 is 15.2 Å². The second-order valence-corrected chi connectivity index (χ2v) is 7.36. The lowest BCUT2D eigenvalue weighted by Gasteiger charge is -2.63. The zero-order chi connectivity index (χ0) is 13.7. The summed E-state index contributed by atoms with van der Waals surface area (Å²) in [6, 6.07) is 0.587. The molecule has 0 aromatic carbocycles. The van der Waals surface area contributed by atoms with E-state index in [4.69, 9.17) is 4.74 Å². The molecule has 2 N–H and O–H groups in total. The highest BCUT2D eigenvalue weighted by Gasteiger charge is 2.66. The molecule has 3 aliphatic rings. The maximum absolute atomic E-state index is 10.6. The quantitative estimate of drug-likeness (QED) is 0.803. The van der Waals surface area contributed by atoms with E-state index >= 15 is 0 Å². The predicted octanol–water partition coefficient (Wildman–Crippen LogP) is 2.33. The molecule has 0 amide bonds. The van der Waals surface area contributed by atoms with Crippen molar-refractivity contribution in [3.05, 3.63) is 0 Å². The van der Waals surface area contributed by atoms with Crippen molar-refractivity contribution in [2.45, 2.75) is 70.6 Å². The molecule has 5 unspecified atom stereocenters. The molecule has 1 saturated heterocycles. The van der Waals surface area contributed by atoms with Crippen molar-refractivity contribution in [2.24, 2.45) is 17.3 Å². The van der Waals surface area contributed by atoms with Crippen LogP contribution in [0.1, 0.15) is 52.9 Å². The lowest BCUT2D eigenvalue weighted by Crippen LogP contribution is -2.72. The zero-order valence-corrected chi connectivity index (χ0v) is 12.6. The average Bonchev–Trinajstić information content (AvgIpc) is 2.71. The third kappa shape index (κ3) is 1.97. The summed E-state index contributed by atoms with van der Waals surface area (Å²) in [4.78, 5) is 0. The summed E-state index contributed by atoms with van der Waals surface area (Å²) in [6.45, 7) is 7.93. The van der Waals surface area contributed by atoms with Gasteiger partial charge in [-0.3, -0.25) is 0 Å². The van der Waals surface area contributed by atoms with Gasteiger partial charge in [0.05, 0.1) is 11.7 Å². The Morgan fingerprint density at radius 2 is 2.21 bits per heavy atom. The summed E-state index contributed by atoms with van der Waals surface area (Å²) in [5, 5.41) is 14.3. The van der Waals surface area contributed by atoms with Crippen LogP contribution in [0.5, 0.6) is 0 Å². The fraction of sp³-hybridized carbons (Fsp3) is 1.00. The minimum atomic E-state index is -0.593. The first kappa shape index (κ1) is 13.8. The SMILES string of the molecule is CCC(C)C(C)(O)CNC1C2CCOC2C12CCC2. The van der Waals surface area contributed by atoms with Crippen LogP contribution >= 0.6 is 0 Å². The van der Waals surface area contributed by atoms with Gasteiger partial charge >= 0.3 is 0 Å². The van der Waals surface area contributed by atoms with Gasteiger partial charge in [-0.05, 0) is 32.1 Å². The van der Waals surface area contributed by atoms with Gasteiger partial charge in [-0.1, -0.05) is 26.7 Å². The minimum absolute atomic E-state index is 0.341. The number of hydrogen-bond acceptors (Lipinski definition) is 3. The van der Waals surface area contributed by atoms with Gasteiger partial charge in [-0.15, -0.1) is 0 Å². The number of aliphatic hydroxyl groups is 1. The van der Waals surface area contributed by atoms with Gasteiger partial charge in [0.2, 0.25) is 0 Å². The van der Waals surface area contributed by atoms with Crippen molar-refractivity contribution in [2.75, 3.05) is 13.2 Å². The summed E-state index contributed by atoms with van der Waals surface area (Å²) in [7, 11) is 0. The van der Waals surface area contributed by atoms with Crippen LogP contribution in [0.25, 0.3) is 0 Å². The smallest absolute Gasteiger partial charge is 0.0768 e. The number of ether oxygens (including phenoxy) is 1. The molecule has 1 spiro atoms. The van der Waals surface area contributed by atoms with Crippen molar-refractivity contribution in [3.8, 4) is 0 Å². The molecule has 3 fully saturated rings. The molecular weight excluding hydrogens is 238 g/mol. The molecule has 3 rings (SSSR count). The van der Waals surface area contributed by atoms with Crippen LogP contribution in [0, 0.1) is 17.3 Å². The Balaban J connectivity index is 1.61. The van der Waals surface area contributed by atoms with Crippen molar-refractivity contribution < 1.29 is 9.84 Å². The highest BCUT2D eigenvalue weighted by atomic mass is 16.5. The van der Waals surface area contributed by atoms with Crippen LogP contribution in [0.3, 0.4) is 0 Å². The van der Waals surface area contributed by atoms with E-state index in [0.29, 0.717) is 29.4 Å². The highest BCUT2D eigenvalue weighted by Crippen LogP contribution is 2.62. The first-order valence-electron chi connectivity index (χ1n) is 8.08. The lowest BCUT2D eigenvalue weighted by atomic mass is 9.46. The van der Waals surface area contributed by atoms with Gasteiger partial charge in [-0.2, -0.15) is 0 Å². The lowest BCUT2D eigenvalue weighted by molar-refractivity contribution is -0.179. The van der Waals surface area contributed by atoms with E-state index in [2.05, 4.69) is 19.2 Å². The van der Waals surface area contributed by atoms with Gasteiger partial charge in [-0.25, -0.2) is 0 Å². The summed E-state index contributed by atoms with van der Waals surface area (Å²) >= 11 is 0. The van der Waals surface area contributed by atoms with E-state index in [0.717, 1.165) is 19.6 Å². The van der Waals surface area contributed by atoms with E-state index in [9.17, 15) is 5.11 Å². The number of rotatable bonds is 5. The topological polar surface area (TPSA) is 41.5 Å². The molecule has 2 aliphatic carbocycles. The minimum Gasteiger partial charge on any atom is -0.389 e. The molecule has 0 aromatic rings. The van der Waals surface area contributed by atoms with Crippen LogP contribution in [0.2, 0.25) is 0 Å². The molecule has 0 radical (unpaired) electrons. The zero-order valence-electron chi connectivity index (χ0n) is 12.6. The van der Waals surface area contributed by atoms with Crippen LogP contribution in [0.4, 0.5) is 0 Å². The molecule has 19 heavy (non-hydrogen) atoms.